The van der Waals surface area contributed by atoms with Crippen molar-refractivity contribution in [3.63, 3.8) is 0 Å². The van der Waals surface area contributed by atoms with Crippen molar-refractivity contribution in [2.75, 3.05) is 13.7 Å². The van der Waals surface area contributed by atoms with Gasteiger partial charge in [0.05, 0.1) is 13.5 Å². The summed E-state index contributed by atoms with van der Waals surface area (Å²) in [6.45, 7) is 3.47. The maximum atomic E-state index is 13.0. The lowest BCUT2D eigenvalue weighted by Crippen LogP contribution is -2.36. The number of nitrogens with zero attached hydrogens (tertiary/aromatic N) is 1. The van der Waals surface area contributed by atoms with E-state index < -0.39 is 0 Å². The zero-order chi connectivity index (χ0) is 19.3. The number of amides is 1. The molecule has 0 aliphatic carbocycles. The number of aromatic amines is 1. The largest absolute Gasteiger partial charge is 0.497 e. The van der Waals surface area contributed by atoms with E-state index in [9.17, 15) is 4.79 Å². The van der Waals surface area contributed by atoms with Crippen LogP contribution in [0.5, 0.6) is 11.5 Å². The summed E-state index contributed by atoms with van der Waals surface area (Å²) in [5.41, 5.74) is 5.82. The summed E-state index contributed by atoms with van der Waals surface area (Å²) in [7, 11) is 1.68. The van der Waals surface area contributed by atoms with Crippen LogP contribution in [0, 0.1) is 0 Å². The van der Waals surface area contributed by atoms with Crippen LogP contribution in [0.25, 0.3) is 10.9 Å². The molecule has 0 saturated carbocycles. The Morgan fingerprint density at radius 1 is 1.29 bits per heavy atom. The number of H-pyrrole nitrogens is 1. The molecule has 3 aromatic rings. The zero-order valence-electron chi connectivity index (χ0n) is 16.2. The highest BCUT2D eigenvalue weighted by atomic mass is 16.5. The molecule has 5 rings (SSSR count). The minimum absolute atomic E-state index is 0.176. The summed E-state index contributed by atoms with van der Waals surface area (Å²) >= 11 is 0. The number of nitrogens with one attached hydrogen (secondary N) is 1. The van der Waals surface area contributed by atoms with Gasteiger partial charge in [-0.1, -0.05) is 12.1 Å². The maximum absolute atomic E-state index is 13.0. The van der Waals surface area contributed by atoms with Crippen molar-refractivity contribution in [2.45, 2.75) is 38.8 Å². The fraction of sp³-hybridized carbons (Fsp3) is 0.348. The number of carbonyl (C=O) groups is 1. The summed E-state index contributed by atoms with van der Waals surface area (Å²) < 4.78 is 11.1. The summed E-state index contributed by atoms with van der Waals surface area (Å²) in [6.07, 6.45) is 2.43. The van der Waals surface area contributed by atoms with Crippen LogP contribution in [-0.2, 0) is 30.6 Å². The molecule has 144 valence electrons. The third kappa shape index (κ3) is 2.91. The number of carbonyl (C=O) groups excluding carboxylic acids is 1. The van der Waals surface area contributed by atoms with Crippen LogP contribution in [0.15, 0.2) is 36.4 Å². The second kappa shape index (κ2) is 6.59. The molecule has 0 spiro atoms. The first-order chi connectivity index (χ1) is 13.6. The highest BCUT2D eigenvalue weighted by molar-refractivity contribution is 5.87. The van der Waals surface area contributed by atoms with Gasteiger partial charge < -0.3 is 19.4 Å². The Kier molecular flexibility index (Phi) is 4.04. The Labute approximate surface area is 164 Å². The highest BCUT2D eigenvalue weighted by Crippen LogP contribution is 2.32. The lowest BCUT2D eigenvalue weighted by Gasteiger charge is -2.27. The van der Waals surface area contributed by atoms with E-state index in [1.54, 1.807) is 7.11 Å². The fourth-order valence-electron chi connectivity index (χ4n) is 4.40. The molecule has 1 atom stereocenters. The van der Waals surface area contributed by atoms with Gasteiger partial charge in [-0.05, 0) is 42.3 Å². The standard InChI is InChI=1S/C23H24N2O3/c1-14-9-16-10-15(3-6-22(16)28-14)11-23(26)25-8-7-21-19(13-25)18-12-17(27-2)4-5-20(18)24-21/h3-6,10,12,14,24H,7-9,11,13H2,1-2H3/t14-/m1/s1. The molecule has 2 aliphatic rings. The maximum Gasteiger partial charge on any atom is 0.227 e. The average Bonchev–Trinajstić information content (AvgIpc) is 3.25. The van der Waals surface area contributed by atoms with Crippen LogP contribution in [0.1, 0.15) is 29.3 Å². The Morgan fingerprint density at radius 2 is 2.18 bits per heavy atom. The van der Waals surface area contributed by atoms with Gasteiger partial charge in [0, 0.05) is 48.1 Å². The van der Waals surface area contributed by atoms with Crippen LogP contribution < -0.4 is 9.47 Å². The Balaban J connectivity index is 1.36. The van der Waals surface area contributed by atoms with Gasteiger partial charge >= 0.3 is 0 Å². The Morgan fingerprint density at radius 3 is 3.04 bits per heavy atom. The second-order valence-corrected chi connectivity index (χ2v) is 7.81. The van der Waals surface area contributed by atoms with Crippen molar-refractivity contribution in [1.29, 1.82) is 0 Å². The number of rotatable bonds is 3. The molecule has 3 heterocycles. The van der Waals surface area contributed by atoms with E-state index >= 15 is 0 Å². The predicted molar refractivity (Wildman–Crippen MR) is 108 cm³/mol. The Bertz CT molecular complexity index is 1070. The van der Waals surface area contributed by atoms with E-state index in [0.717, 1.165) is 47.4 Å². The van der Waals surface area contributed by atoms with Gasteiger partial charge in [0.2, 0.25) is 5.91 Å². The van der Waals surface area contributed by atoms with Crippen molar-refractivity contribution < 1.29 is 14.3 Å². The third-order valence-corrected chi connectivity index (χ3v) is 5.85. The molecule has 0 bridgehead atoms. The summed E-state index contributed by atoms with van der Waals surface area (Å²) in [5, 5.41) is 1.15. The molecule has 2 aromatic carbocycles. The van der Waals surface area contributed by atoms with E-state index in [0.29, 0.717) is 13.0 Å². The molecule has 28 heavy (non-hydrogen) atoms. The van der Waals surface area contributed by atoms with Gasteiger partial charge in [0.15, 0.2) is 0 Å². The fourth-order valence-corrected chi connectivity index (χ4v) is 4.40. The normalized spacial score (nSPS) is 17.9. The lowest BCUT2D eigenvalue weighted by atomic mass is 10.0. The molecule has 5 heteroatoms. The van der Waals surface area contributed by atoms with Crippen LogP contribution in [0.3, 0.4) is 0 Å². The first kappa shape index (κ1) is 17.2. The quantitative estimate of drug-likeness (QED) is 0.760. The lowest BCUT2D eigenvalue weighted by molar-refractivity contribution is -0.131. The first-order valence-electron chi connectivity index (χ1n) is 9.84. The second-order valence-electron chi connectivity index (χ2n) is 7.81. The summed E-state index contributed by atoms with van der Waals surface area (Å²) in [5.74, 6) is 1.97. The van der Waals surface area contributed by atoms with Crippen molar-refractivity contribution in [3.05, 3.63) is 58.8 Å². The monoisotopic (exact) mass is 376 g/mol. The minimum Gasteiger partial charge on any atom is -0.497 e. The Hall–Kier alpha value is -2.95. The van der Waals surface area contributed by atoms with Gasteiger partial charge in [-0.3, -0.25) is 4.79 Å². The molecule has 0 radical (unpaired) electrons. The number of hydrogen-bond acceptors (Lipinski definition) is 3. The molecule has 0 fully saturated rings. The molecule has 0 unspecified atom stereocenters. The van der Waals surface area contributed by atoms with Crippen LogP contribution in [0.2, 0.25) is 0 Å². The van der Waals surface area contributed by atoms with E-state index in [1.807, 2.05) is 29.2 Å². The predicted octanol–water partition coefficient (Wildman–Crippen LogP) is 3.63. The number of ether oxygens (including phenoxy) is 2. The van der Waals surface area contributed by atoms with Gasteiger partial charge in [0.1, 0.15) is 17.6 Å². The summed E-state index contributed by atoms with van der Waals surface area (Å²) in [6, 6.07) is 12.2. The molecule has 1 amide bonds. The number of methoxy groups -OCH3 is 1. The smallest absolute Gasteiger partial charge is 0.227 e. The molecular weight excluding hydrogens is 352 g/mol. The SMILES string of the molecule is COc1ccc2[nH]c3c(c2c1)CN(C(=O)Cc1ccc2c(c1)C[C@@H](C)O2)CC3. The number of benzene rings is 2. The molecule has 1 aromatic heterocycles. The van der Waals surface area contributed by atoms with E-state index in [-0.39, 0.29) is 12.0 Å². The molecular formula is C23H24N2O3. The van der Waals surface area contributed by atoms with Crippen LogP contribution in [0.4, 0.5) is 0 Å². The molecule has 2 aliphatic heterocycles. The zero-order valence-corrected chi connectivity index (χ0v) is 16.2. The van der Waals surface area contributed by atoms with Crippen molar-refractivity contribution >= 4 is 16.8 Å². The van der Waals surface area contributed by atoms with Crippen molar-refractivity contribution in [3.8, 4) is 11.5 Å². The number of aromatic nitrogens is 1. The van der Waals surface area contributed by atoms with Crippen LogP contribution >= 0.6 is 0 Å². The van der Waals surface area contributed by atoms with E-state index in [1.165, 1.54) is 16.8 Å². The van der Waals surface area contributed by atoms with Crippen molar-refractivity contribution in [2.24, 2.45) is 0 Å². The van der Waals surface area contributed by atoms with Crippen molar-refractivity contribution in [1.82, 2.24) is 9.88 Å². The molecule has 1 N–H and O–H groups in total. The molecule has 5 nitrogen and oxygen atoms in total. The first-order valence-corrected chi connectivity index (χ1v) is 9.84. The molecule has 0 saturated heterocycles. The average molecular weight is 376 g/mol. The van der Waals surface area contributed by atoms with E-state index in [2.05, 4.69) is 24.0 Å². The number of hydrogen-bond donors (Lipinski definition) is 1. The highest BCUT2D eigenvalue weighted by Gasteiger charge is 2.25. The van der Waals surface area contributed by atoms with Gasteiger partial charge in [-0.15, -0.1) is 0 Å². The van der Waals surface area contributed by atoms with Gasteiger partial charge in [-0.2, -0.15) is 0 Å². The summed E-state index contributed by atoms with van der Waals surface area (Å²) in [4.78, 5) is 18.5. The van der Waals surface area contributed by atoms with Crippen LogP contribution in [-0.4, -0.2) is 35.5 Å². The topological polar surface area (TPSA) is 54.6 Å². The third-order valence-electron chi connectivity index (χ3n) is 5.85. The minimum atomic E-state index is 0.176. The van der Waals surface area contributed by atoms with Gasteiger partial charge in [0.25, 0.3) is 0 Å². The number of fused-ring (bicyclic) bond motifs is 4. The van der Waals surface area contributed by atoms with E-state index in [4.69, 9.17) is 9.47 Å². The van der Waals surface area contributed by atoms with Gasteiger partial charge in [-0.25, -0.2) is 0 Å².